The lowest BCUT2D eigenvalue weighted by atomic mass is 10.2. The first-order chi connectivity index (χ1) is 32.1. The second kappa shape index (κ2) is 23.2. The SMILES string of the molecule is CC(O)CNc1nc(Nc2cc(Cl)c(N=Nc3ccc(Cl)c(S(=O)(=O)O)c3)cc2OCCCS(=O)(=O)O)nc(Nc2cc(Cl)c(N=Nc3ccc(Cl)c(S(=O)(=O)O)c3)cc2OCCCS(=O)(=O)O)n1. The number of rotatable bonds is 23. The Hall–Kier alpha value is -5.15. The van der Waals surface area contributed by atoms with Crippen LogP contribution in [0.1, 0.15) is 19.8 Å². The average Bonchev–Trinajstić information content (AvgIpc) is 3.23. The number of halogens is 4. The van der Waals surface area contributed by atoms with Crippen LogP contribution in [-0.2, 0) is 40.5 Å². The van der Waals surface area contributed by atoms with Crippen molar-refractivity contribution in [3.63, 3.8) is 0 Å². The van der Waals surface area contributed by atoms with Crippen molar-refractivity contribution in [3.8, 4) is 11.5 Å². The molecule has 69 heavy (non-hydrogen) atoms. The van der Waals surface area contributed by atoms with Gasteiger partial charge < -0.3 is 30.5 Å². The van der Waals surface area contributed by atoms with Crippen molar-refractivity contribution in [3.05, 3.63) is 80.8 Å². The zero-order valence-electron chi connectivity index (χ0n) is 34.9. The van der Waals surface area contributed by atoms with Crippen LogP contribution in [0.2, 0.25) is 20.1 Å². The van der Waals surface area contributed by atoms with E-state index in [1.807, 2.05) is 0 Å². The molecule has 1 aromatic heterocycles. The van der Waals surface area contributed by atoms with Gasteiger partial charge in [-0.2, -0.15) is 58.9 Å². The number of aliphatic hydroxyl groups excluding tert-OH is 1. The summed E-state index contributed by atoms with van der Waals surface area (Å²) < 4.78 is 142. The van der Waals surface area contributed by atoms with Crippen molar-refractivity contribution in [1.82, 2.24) is 15.0 Å². The standard InChI is InChI=1S/C36H36Cl4N10O15S4/c1-19(51)18-41-34-44-35(42-28-14-24(39)26(16-30(28)64-8-2-10-66(52,53)54)49-47-20-4-6-22(37)32(12-20)68(58,59)60)46-36(45-34)43-29-15-25(40)27(17-31(29)65-9-3-11-67(55,56)57)50-48-21-5-7-23(38)33(13-21)69(61,62)63/h4-7,12-17,19,51H,2-3,8-11,18H2,1H3,(H,52,53,54)(H,55,56,57)(H,58,59,60)(H,61,62,63)(H3,41,42,43,44,45,46). The lowest BCUT2D eigenvalue weighted by Crippen LogP contribution is -2.18. The highest BCUT2D eigenvalue weighted by atomic mass is 35.5. The highest BCUT2D eigenvalue weighted by molar-refractivity contribution is 7.86. The molecule has 5 rings (SSSR count). The Balaban J connectivity index is 1.54. The largest absolute Gasteiger partial charge is 0.491 e. The van der Waals surface area contributed by atoms with E-state index in [-0.39, 0.29) is 116 Å². The zero-order valence-corrected chi connectivity index (χ0v) is 41.2. The summed E-state index contributed by atoms with van der Waals surface area (Å²) >= 11 is 25.0. The molecule has 25 nitrogen and oxygen atoms in total. The highest BCUT2D eigenvalue weighted by Crippen LogP contribution is 2.41. The number of benzene rings is 4. The van der Waals surface area contributed by atoms with Crippen LogP contribution in [0.25, 0.3) is 0 Å². The smallest absolute Gasteiger partial charge is 0.296 e. The first-order valence-electron chi connectivity index (χ1n) is 19.1. The number of nitrogens with one attached hydrogen (secondary N) is 3. The third-order valence-electron chi connectivity index (χ3n) is 8.32. The van der Waals surface area contributed by atoms with Crippen LogP contribution in [0.5, 0.6) is 11.5 Å². The molecule has 0 aliphatic rings. The third-order valence-corrected chi connectivity index (χ3v) is 13.2. The molecule has 0 saturated carbocycles. The molecular formula is C36H36Cl4N10O15S4. The van der Waals surface area contributed by atoms with Crippen LogP contribution in [0.3, 0.4) is 0 Å². The fourth-order valence-electron chi connectivity index (χ4n) is 5.29. The second-order valence-corrected chi connectivity index (χ2v) is 21.5. The maximum atomic E-state index is 11.8. The molecule has 8 N–H and O–H groups in total. The maximum Gasteiger partial charge on any atom is 0.296 e. The Labute approximate surface area is 413 Å². The minimum absolute atomic E-state index is 0.0367. The predicted octanol–water partition coefficient (Wildman–Crippen LogP) is 8.40. The van der Waals surface area contributed by atoms with E-state index in [1.165, 1.54) is 43.3 Å². The Morgan fingerprint density at radius 1 is 0.565 bits per heavy atom. The van der Waals surface area contributed by atoms with Gasteiger partial charge in [0.15, 0.2) is 0 Å². The van der Waals surface area contributed by atoms with Crippen LogP contribution in [0, 0.1) is 0 Å². The number of aliphatic hydroxyl groups is 1. The lowest BCUT2D eigenvalue weighted by molar-refractivity contribution is 0.208. The van der Waals surface area contributed by atoms with Crippen molar-refractivity contribution < 1.29 is 66.5 Å². The Bertz CT molecular complexity index is 3040. The van der Waals surface area contributed by atoms with Gasteiger partial charge in [0.1, 0.15) is 32.7 Å². The summed E-state index contributed by atoms with van der Waals surface area (Å²) in [4.78, 5) is 11.8. The van der Waals surface area contributed by atoms with Crippen molar-refractivity contribution in [2.75, 3.05) is 47.2 Å². The van der Waals surface area contributed by atoms with E-state index in [9.17, 15) is 57.0 Å². The Kier molecular flexibility index (Phi) is 18.4. The van der Waals surface area contributed by atoms with Gasteiger partial charge in [0, 0.05) is 18.7 Å². The van der Waals surface area contributed by atoms with E-state index < -0.39 is 67.9 Å². The first kappa shape index (κ1) is 54.8. The Morgan fingerprint density at radius 2 is 0.957 bits per heavy atom. The monoisotopic (exact) mass is 1120 g/mol. The van der Waals surface area contributed by atoms with Gasteiger partial charge in [0.25, 0.3) is 40.5 Å². The van der Waals surface area contributed by atoms with E-state index in [0.29, 0.717) is 0 Å². The van der Waals surface area contributed by atoms with Gasteiger partial charge in [-0.05, 0) is 68.3 Å². The highest BCUT2D eigenvalue weighted by Gasteiger charge is 2.20. The normalized spacial score (nSPS) is 12.9. The topological polar surface area (TPSA) is 380 Å². The van der Waals surface area contributed by atoms with Gasteiger partial charge >= 0.3 is 0 Å². The number of hydrogen-bond acceptors (Lipinski definition) is 21. The molecule has 0 aliphatic heterocycles. The van der Waals surface area contributed by atoms with E-state index in [2.05, 4.69) is 51.4 Å². The molecule has 1 unspecified atom stereocenters. The van der Waals surface area contributed by atoms with Crippen molar-refractivity contribution in [2.45, 2.75) is 35.7 Å². The van der Waals surface area contributed by atoms with Gasteiger partial charge in [-0.25, -0.2) is 0 Å². The summed E-state index contributed by atoms with van der Waals surface area (Å²) in [6, 6.07) is 11.9. The molecule has 0 aliphatic carbocycles. The van der Waals surface area contributed by atoms with Crippen LogP contribution in [0.15, 0.2) is 90.9 Å². The molecule has 0 spiro atoms. The fourth-order valence-corrected chi connectivity index (χ4v) is 8.65. The second-order valence-electron chi connectivity index (χ2n) is 13.9. The van der Waals surface area contributed by atoms with Crippen LogP contribution < -0.4 is 25.4 Å². The van der Waals surface area contributed by atoms with E-state index in [4.69, 9.17) is 55.9 Å². The number of nitrogens with zero attached hydrogens (tertiary/aromatic N) is 7. The molecule has 5 aromatic rings. The summed E-state index contributed by atoms with van der Waals surface area (Å²) in [6.45, 7) is 0.831. The molecule has 0 amide bonds. The van der Waals surface area contributed by atoms with E-state index in [0.717, 1.165) is 24.3 Å². The quantitative estimate of drug-likeness (QED) is 0.0173. The summed E-state index contributed by atoms with van der Waals surface area (Å²) in [6.07, 6.45) is -1.28. The van der Waals surface area contributed by atoms with Crippen LogP contribution >= 0.6 is 46.4 Å². The first-order valence-corrected chi connectivity index (χ1v) is 26.7. The van der Waals surface area contributed by atoms with Gasteiger partial charge in [-0.1, -0.05) is 46.4 Å². The van der Waals surface area contributed by atoms with Gasteiger partial charge in [0.05, 0.1) is 73.7 Å². The summed E-state index contributed by atoms with van der Waals surface area (Å²) in [5.74, 6) is -2.03. The predicted molar refractivity (Wildman–Crippen MR) is 253 cm³/mol. The molecule has 372 valence electrons. The zero-order chi connectivity index (χ0) is 50.9. The molecule has 0 radical (unpaired) electrons. The number of hydrogen-bond donors (Lipinski definition) is 8. The van der Waals surface area contributed by atoms with Crippen LogP contribution in [-0.4, -0.2) is 109 Å². The molecule has 0 fully saturated rings. The molecule has 33 heteroatoms. The summed E-state index contributed by atoms with van der Waals surface area (Å²) in [5, 5.41) is 34.0. The molecule has 4 aromatic carbocycles. The minimum Gasteiger partial charge on any atom is -0.491 e. The van der Waals surface area contributed by atoms with E-state index in [1.54, 1.807) is 0 Å². The maximum absolute atomic E-state index is 11.8. The molecule has 1 atom stereocenters. The Morgan fingerprint density at radius 3 is 1.32 bits per heavy atom. The molecule has 0 saturated heterocycles. The van der Waals surface area contributed by atoms with Gasteiger partial charge in [-0.15, -0.1) is 10.2 Å². The molecule has 0 bridgehead atoms. The average molecular weight is 1120 g/mol. The van der Waals surface area contributed by atoms with Gasteiger partial charge in [0.2, 0.25) is 17.8 Å². The molecular weight excluding hydrogens is 1080 g/mol. The van der Waals surface area contributed by atoms with Crippen LogP contribution in [0.4, 0.5) is 52.0 Å². The van der Waals surface area contributed by atoms with Crippen molar-refractivity contribution >= 4 is 139 Å². The number of azo groups is 2. The van der Waals surface area contributed by atoms with Gasteiger partial charge in [-0.3, -0.25) is 18.2 Å². The number of ether oxygens (including phenoxy) is 2. The van der Waals surface area contributed by atoms with Crippen molar-refractivity contribution in [2.24, 2.45) is 20.5 Å². The van der Waals surface area contributed by atoms with Crippen molar-refractivity contribution in [1.29, 1.82) is 0 Å². The third kappa shape index (κ3) is 17.3. The van der Waals surface area contributed by atoms with E-state index >= 15 is 0 Å². The number of aromatic nitrogens is 3. The lowest BCUT2D eigenvalue weighted by Gasteiger charge is -2.17. The molecule has 1 heterocycles. The number of anilines is 5. The minimum atomic E-state index is -4.73. The fraction of sp³-hybridized carbons (Fsp3) is 0.250. The summed E-state index contributed by atoms with van der Waals surface area (Å²) in [7, 11) is -18.2. The summed E-state index contributed by atoms with van der Waals surface area (Å²) in [5.41, 5.74) is -0.181.